The Balaban J connectivity index is 1.77. The van der Waals surface area contributed by atoms with Crippen molar-refractivity contribution in [2.45, 2.75) is 13.5 Å². The number of aromatic nitrogens is 2. The van der Waals surface area contributed by atoms with Crippen LogP contribution < -0.4 is 10.6 Å². The van der Waals surface area contributed by atoms with Crippen LogP contribution in [-0.4, -0.2) is 9.97 Å². The van der Waals surface area contributed by atoms with Gasteiger partial charge in [0.25, 0.3) is 0 Å². The molecule has 122 valence electrons. The highest BCUT2D eigenvalue weighted by molar-refractivity contribution is 9.10. The molecule has 0 aliphatic heterocycles. The summed E-state index contributed by atoms with van der Waals surface area (Å²) < 4.78 is 14.6. The second-order valence-corrected chi connectivity index (χ2v) is 6.12. The Bertz CT molecular complexity index is 854. The summed E-state index contributed by atoms with van der Waals surface area (Å²) in [4.78, 5) is 8.78. The fourth-order valence-electron chi connectivity index (χ4n) is 2.23. The minimum atomic E-state index is -0.246. The van der Waals surface area contributed by atoms with E-state index >= 15 is 0 Å². The predicted octanol–water partition coefficient (Wildman–Crippen LogP) is 5.04. The van der Waals surface area contributed by atoms with Crippen molar-refractivity contribution >= 4 is 33.4 Å². The second kappa shape index (κ2) is 7.40. The average Bonchev–Trinajstić information content (AvgIpc) is 2.56. The van der Waals surface area contributed by atoms with Crippen LogP contribution in [0.4, 0.5) is 21.8 Å². The summed E-state index contributed by atoms with van der Waals surface area (Å²) in [5, 5.41) is 6.32. The average molecular weight is 387 g/mol. The van der Waals surface area contributed by atoms with Crippen LogP contribution in [0.1, 0.15) is 11.3 Å². The Morgan fingerprint density at radius 3 is 2.58 bits per heavy atom. The number of para-hydroxylation sites is 1. The fraction of sp³-hybridized carbons (Fsp3) is 0.111. The van der Waals surface area contributed by atoms with Crippen LogP contribution >= 0.6 is 15.9 Å². The molecule has 0 bridgehead atoms. The van der Waals surface area contributed by atoms with Gasteiger partial charge in [0.15, 0.2) is 0 Å². The molecule has 1 heterocycles. The number of nitrogens with one attached hydrogen (secondary N) is 2. The van der Waals surface area contributed by atoms with Crippen LogP contribution in [0.15, 0.2) is 59.1 Å². The first-order chi connectivity index (χ1) is 11.6. The van der Waals surface area contributed by atoms with Gasteiger partial charge in [0.2, 0.25) is 5.95 Å². The number of hydrogen-bond acceptors (Lipinski definition) is 4. The van der Waals surface area contributed by atoms with Gasteiger partial charge in [-0.15, -0.1) is 0 Å². The third-order valence-corrected chi connectivity index (χ3v) is 4.08. The largest absolute Gasteiger partial charge is 0.350 e. The SMILES string of the molecule is Cc1cc(Nc2ccccc2Br)nc(NCc2ccccc2F)n1. The quantitative estimate of drug-likeness (QED) is 0.644. The molecule has 2 N–H and O–H groups in total. The Hall–Kier alpha value is -2.47. The Morgan fingerprint density at radius 2 is 1.79 bits per heavy atom. The van der Waals surface area contributed by atoms with E-state index < -0.39 is 0 Å². The Labute approximate surface area is 148 Å². The lowest BCUT2D eigenvalue weighted by Gasteiger charge is -2.11. The van der Waals surface area contributed by atoms with E-state index in [1.807, 2.05) is 37.3 Å². The van der Waals surface area contributed by atoms with Gasteiger partial charge in [-0.05, 0) is 41.1 Å². The molecule has 6 heteroatoms. The minimum Gasteiger partial charge on any atom is -0.350 e. The lowest BCUT2D eigenvalue weighted by atomic mass is 10.2. The summed E-state index contributed by atoms with van der Waals surface area (Å²) >= 11 is 3.50. The molecule has 0 saturated carbocycles. The summed E-state index contributed by atoms with van der Waals surface area (Å²) in [5.74, 6) is 0.877. The summed E-state index contributed by atoms with van der Waals surface area (Å²) in [6, 6.07) is 16.3. The zero-order chi connectivity index (χ0) is 16.9. The topological polar surface area (TPSA) is 49.8 Å². The van der Waals surface area contributed by atoms with E-state index in [4.69, 9.17) is 0 Å². The van der Waals surface area contributed by atoms with Crippen molar-refractivity contribution in [3.8, 4) is 0 Å². The van der Waals surface area contributed by atoms with Gasteiger partial charge in [-0.1, -0.05) is 30.3 Å². The first kappa shape index (κ1) is 16.4. The van der Waals surface area contributed by atoms with E-state index in [1.165, 1.54) is 6.07 Å². The number of nitrogens with zero attached hydrogens (tertiary/aromatic N) is 2. The molecule has 0 atom stereocenters. The molecule has 1 aromatic heterocycles. The molecule has 0 unspecified atom stereocenters. The van der Waals surface area contributed by atoms with Crippen LogP contribution in [0.3, 0.4) is 0 Å². The molecule has 0 spiro atoms. The van der Waals surface area contributed by atoms with E-state index in [-0.39, 0.29) is 5.82 Å². The van der Waals surface area contributed by atoms with Crippen molar-refractivity contribution in [3.63, 3.8) is 0 Å². The number of benzene rings is 2. The summed E-state index contributed by atoms with van der Waals surface area (Å²) in [6.07, 6.45) is 0. The minimum absolute atomic E-state index is 0.246. The molecule has 0 aliphatic rings. The van der Waals surface area contributed by atoms with Crippen molar-refractivity contribution in [1.82, 2.24) is 9.97 Å². The predicted molar refractivity (Wildman–Crippen MR) is 97.9 cm³/mol. The molecule has 0 radical (unpaired) electrons. The maximum Gasteiger partial charge on any atom is 0.225 e. The normalized spacial score (nSPS) is 10.5. The highest BCUT2D eigenvalue weighted by Gasteiger charge is 2.06. The van der Waals surface area contributed by atoms with Crippen molar-refractivity contribution < 1.29 is 4.39 Å². The first-order valence-electron chi connectivity index (χ1n) is 7.46. The highest BCUT2D eigenvalue weighted by atomic mass is 79.9. The van der Waals surface area contributed by atoms with Crippen LogP contribution in [-0.2, 0) is 6.54 Å². The van der Waals surface area contributed by atoms with E-state index in [2.05, 4.69) is 36.5 Å². The molecule has 3 aromatic rings. The van der Waals surface area contributed by atoms with E-state index in [1.54, 1.807) is 18.2 Å². The summed E-state index contributed by atoms with van der Waals surface area (Å²) in [7, 11) is 0. The van der Waals surface area contributed by atoms with Gasteiger partial charge in [0, 0.05) is 28.3 Å². The third-order valence-electron chi connectivity index (χ3n) is 3.39. The number of rotatable bonds is 5. The molecule has 0 aliphatic carbocycles. The molecular formula is C18H16BrFN4. The first-order valence-corrected chi connectivity index (χ1v) is 8.25. The van der Waals surface area contributed by atoms with Gasteiger partial charge < -0.3 is 10.6 Å². The maximum atomic E-state index is 13.7. The van der Waals surface area contributed by atoms with Gasteiger partial charge in [-0.25, -0.2) is 9.37 Å². The van der Waals surface area contributed by atoms with Gasteiger partial charge >= 0.3 is 0 Å². The molecule has 24 heavy (non-hydrogen) atoms. The smallest absolute Gasteiger partial charge is 0.225 e. The lowest BCUT2D eigenvalue weighted by Crippen LogP contribution is -2.07. The van der Waals surface area contributed by atoms with Crippen molar-refractivity contribution in [1.29, 1.82) is 0 Å². The van der Waals surface area contributed by atoms with E-state index in [9.17, 15) is 4.39 Å². The fourth-order valence-corrected chi connectivity index (χ4v) is 2.61. The van der Waals surface area contributed by atoms with Crippen LogP contribution in [0, 0.1) is 12.7 Å². The molecule has 0 amide bonds. The Morgan fingerprint density at radius 1 is 1.04 bits per heavy atom. The number of hydrogen-bond donors (Lipinski definition) is 2. The number of halogens is 2. The van der Waals surface area contributed by atoms with Crippen LogP contribution in [0.5, 0.6) is 0 Å². The zero-order valence-corrected chi connectivity index (χ0v) is 14.6. The molecule has 2 aromatic carbocycles. The van der Waals surface area contributed by atoms with E-state index in [0.717, 1.165) is 15.9 Å². The monoisotopic (exact) mass is 386 g/mol. The van der Waals surface area contributed by atoms with Crippen LogP contribution in [0.2, 0.25) is 0 Å². The molecule has 0 fully saturated rings. The van der Waals surface area contributed by atoms with Crippen molar-refractivity contribution in [2.75, 3.05) is 10.6 Å². The number of aryl methyl sites for hydroxylation is 1. The zero-order valence-electron chi connectivity index (χ0n) is 13.1. The van der Waals surface area contributed by atoms with Gasteiger partial charge in [0.1, 0.15) is 11.6 Å². The molecular weight excluding hydrogens is 371 g/mol. The van der Waals surface area contributed by atoms with Gasteiger partial charge in [-0.2, -0.15) is 4.98 Å². The van der Waals surface area contributed by atoms with Crippen LogP contribution in [0.25, 0.3) is 0 Å². The van der Waals surface area contributed by atoms with Crippen molar-refractivity contribution in [2.24, 2.45) is 0 Å². The lowest BCUT2D eigenvalue weighted by molar-refractivity contribution is 0.612. The molecule has 0 saturated heterocycles. The standard InChI is InChI=1S/C18H16BrFN4/c1-12-10-17(23-16-9-5-3-7-14(16)19)24-18(22-12)21-11-13-6-2-4-8-15(13)20/h2-10H,11H2,1H3,(H2,21,22,23,24). The van der Waals surface area contributed by atoms with Gasteiger partial charge in [-0.3, -0.25) is 0 Å². The summed E-state index contributed by atoms with van der Waals surface area (Å²) in [5.41, 5.74) is 2.30. The molecule has 4 nitrogen and oxygen atoms in total. The highest BCUT2D eigenvalue weighted by Crippen LogP contribution is 2.25. The second-order valence-electron chi connectivity index (χ2n) is 5.27. The van der Waals surface area contributed by atoms with Crippen molar-refractivity contribution in [3.05, 3.63) is 76.1 Å². The summed E-state index contributed by atoms with van der Waals surface area (Å²) in [6.45, 7) is 2.21. The third kappa shape index (κ3) is 4.08. The Kier molecular flexibility index (Phi) is 5.05. The van der Waals surface area contributed by atoms with Gasteiger partial charge in [0.05, 0.1) is 5.69 Å². The maximum absolute atomic E-state index is 13.7. The van der Waals surface area contributed by atoms with E-state index in [0.29, 0.717) is 23.9 Å². The number of anilines is 3. The molecule has 3 rings (SSSR count).